The molecule has 5 heteroatoms. The van der Waals surface area contributed by atoms with Crippen LogP contribution in [0.4, 0.5) is 0 Å². The molecule has 1 unspecified atom stereocenters. The lowest BCUT2D eigenvalue weighted by molar-refractivity contribution is -0.155. The number of esters is 1. The van der Waals surface area contributed by atoms with Crippen molar-refractivity contribution in [1.82, 2.24) is 5.32 Å². The first kappa shape index (κ1) is 22.8. The van der Waals surface area contributed by atoms with E-state index in [1.165, 1.54) is 39.0 Å². The largest absolute Gasteiger partial charge is 0.464 e. The van der Waals surface area contributed by atoms with E-state index in [-0.39, 0.29) is 29.8 Å². The predicted molar refractivity (Wildman–Crippen MR) is 119 cm³/mol. The van der Waals surface area contributed by atoms with E-state index in [0.29, 0.717) is 35.5 Å². The highest BCUT2D eigenvalue weighted by Gasteiger charge is 2.61. The molecule has 0 heterocycles. The van der Waals surface area contributed by atoms with Crippen molar-refractivity contribution in [2.75, 3.05) is 13.2 Å². The van der Waals surface area contributed by atoms with E-state index < -0.39 is 0 Å². The highest BCUT2D eigenvalue weighted by Crippen LogP contribution is 2.68. The Bertz CT molecular complexity index is 735. The third kappa shape index (κ3) is 3.95. The van der Waals surface area contributed by atoms with Gasteiger partial charge in [-0.05, 0) is 85.4 Å². The molecule has 31 heavy (non-hydrogen) atoms. The van der Waals surface area contributed by atoms with Gasteiger partial charge in [-0.1, -0.05) is 20.8 Å². The number of hydrogen-bond acceptors (Lipinski definition) is 4. The molecule has 0 aliphatic heterocycles. The molecule has 4 saturated carbocycles. The molecule has 4 rings (SSSR count). The maximum atomic E-state index is 12.8. The van der Waals surface area contributed by atoms with Crippen molar-refractivity contribution in [3.05, 3.63) is 0 Å². The molecule has 1 N–H and O–H groups in total. The second-order valence-corrected chi connectivity index (χ2v) is 11.6. The lowest BCUT2D eigenvalue weighted by Crippen LogP contribution is -2.54. The first-order valence-electron chi connectivity index (χ1n) is 12.6. The summed E-state index contributed by atoms with van der Waals surface area (Å²) in [6.07, 6.45) is 9.94. The number of nitrogens with one attached hydrogen (secondary N) is 1. The molecule has 8 atom stereocenters. The van der Waals surface area contributed by atoms with Crippen molar-refractivity contribution >= 4 is 17.7 Å². The van der Waals surface area contributed by atoms with Crippen molar-refractivity contribution in [2.24, 2.45) is 46.3 Å². The lowest BCUT2D eigenvalue weighted by Gasteiger charge is -2.60. The first-order valence-corrected chi connectivity index (χ1v) is 12.6. The Morgan fingerprint density at radius 1 is 1.06 bits per heavy atom. The Balaban J connectivity index is 1.43. The van der Waals surface area contributed by atoms with Crippen LogP contribution in [0.25, 0.3) is 0 Å². The van der Waals surface area contributed by atoms with Crippen LogP contribution in [0.2, 0.25) is 0 Å². The van der Waals surface area contributed by atoms with Crippen molar-refractivity contribution in [2.45, 2.75) is 85.5 Å². The zero-order valence-electron chi connectivity index (χ0n) is 19.9. The number of hydrogen-bond donors (Lipinski definition) is 1. The normalized spacial score (nSPS) is 42.7. The molecule has 174 valence electrons. The van der Waals surface area contributed by atoms with Crippen LogP contribution in [-0.4, -0.2) is 30.8 Å². The van der Waals surface area contributed by atoms with Crippen LogP contribution in [0, 0.1) is 46.3 Å². The second kappa shape index (κ2) is 8.51. The number of rotatable bonds is 5. The zero-order chi connectivity index (χ0) is 22.4. The van der Waals surface area contributed by atoms with E-state index in [2.05, 4.69) is 26.1 Å². The minimum atomic E-state index is -0.110. The monoisotopic (exact) mass is 431 g/mol. The average molecular weight is 432 g/mol. The Kier molecular flexibility index (Phi) is 6.26. The number of ether oxygens (including phenoxy) is 1. The van der Waals surface area contributed by atoms with Crippen LogP contribution in [0.1, 0.15) is 85.5 Å². The van der Waals surface area contributed by atoms with E-state index in [4.69, 9.17) is 4.74 Å². The molecule has 0 radical (unpaired) electrons. The van der Waals surface area contributed by atoms with Gasteiger partial charge in [-0.2, -0.15) is 0 Å². The lowest BCUT2D eigenvalue weighted by atomic mass is 9.44. The minimum Gasteiger partial charge on any atom is -0.464 e. The maximum Gasteiger partial charge on any atom is 0.309 e. The summed E-state index contributed by atoms with van der Waals surface area (Å²) in [5.41, 5.74) is 0.551. The fourth-order valence-corrected chi connectivity index (χ4v) is 8.58. The van der Waals surface area contributed by atoms with Gasteiger partial charge in [0, 0.05) is 19.8 Å². The zero-order valence-corrected chi connectivity index (χ0v) is 19.9. The summed E-state index contributed by atoms with van der Waals surface area (Å²) in [5, 5.41) is 2.68. The van der Waals surface area contributed by atoms with Crippen molar-refractivity contribution in [1.29, 1.82) is 0 Å². The quantitative estimate of drug-likeness (QED) is 0.513. The molecule has 0 saturated heterocycles. The molecular weight excluding hydrogens is 390 g/mol. The summed E-state index contributed by atoms with van der Waals surface area (Å²) in [4.78, 5) is 35.9. The van der Waals surface area contributed by atoms with E-state index in [1.807, 2.05) is 0 Å². The molecule has 4 aliphatic carbocycles. The fraction of sp³-hybridized carbons (Fsp3) is 0.885. The van der Waals surface area contributed by atoms with Crippen LogP contribution >= 0.6 is 0 Å². The van der Waals surface area contributed by atoms with Gasteiger partial charge in [0.25, 0.3) is 0 Å². The van der Waals surface area contributed by atoms with Gasteiger partial charge in [0.15, 0.2) is 0 Å². The molecule has 1 amide bonds. The van der Waals surface area contributed by atoms with Gasteiger partial charge in [-0.25, -0.2) is 0 Å². The number of carbonyl (C=O) groups excluding carboxylic acids is 3. The van der Waals surface area contributed by atoms with Gasteiger partial charge < -0.3 is 10.1 Å². The summed E-state index contributed by atoms with van der Waals surface area (Å²) in [6.45, 7) is 9.09. The predicted octanol–water partition coefficient (Wildman–Crippen LogP) is 4.53. The Morgan fingerprint density at radius 3 is 2.55 bits per heavy atom. The van der Waals surface area contributed by atoms with Crippen molar-refractivity contribution < 1.29 is 19.1 Å². The standard InChI is InChI=1S/C26H41NO4/c1-16(24(30)31-14-13-27-17(2)28)21-7-8-22-20-6-5-18-15-19(29)9-11-25(18,3)23(20)10-12-26(21,22)4/h16,18,20-23H,5-15H2,1-4H3,(H,27,28)/t16-,18?,20-,21+,22-,23-,25-,26+/m0/s1. The third-order valence-electron chi connectivity index (χ3n) is 10.3. The van der Waals surface area contributed by atoms with Gasteiger partial charge in [0.05, 0.1) is 12.5 Å². The van der Waals surface area contributed by atoms with Crippen LogP contribution < -0.4 is 5.32 Å². The SMILES string of the molecule is CC(=O)NCCOC(=O)[C@@H](C)[C@H]1CC[C@H]2[C@@H]3CCC4CC(=O)CC[C@]4(C)[C@H]3CC[C@]12C. The molecule has 0 aromatic rings. The highest BCUT2D eigenvalue weighted by molar-refractivity contribution is 5.79. The fourth-order valence-electron chi connectivity index (χ4n) is 8.58. The minimum absolute atomic E-state index is 0.0943. The molecule has 0 spiro atoms. The van der Waals surface area contributed by atoms with Crippen molar-refractivity contribution in [3.8, 4) is 0 Å². The summed E-state index contributed by atoms with van der Waals surface area (Å²) >= 11 is 0. The van der Waals surface area contributed by atoms with E-state index in [1.54, 1.807) is 0 Å². The molecule has 5 nitrogen and oxygen atoms in total. The molecule has 0 aromatic heterocycles. The molecule has 4 aliphatic rings. The van der Waals surface area contributed by atoms with E-state index >= 15 is 0 Å². The van der Waals surface area contributed by atoms with Gasteiger partial charge in [-0.15, -0.1) is 0 Å². The Morgan fingerprint density at radius 2 is 1.81 bits per heavy atom. The number of Topliss-reactive ketones (excluding diaryl/α,β-unsaturated/α-hetero) is 1. The molecule has 0 bridgehead atoms. The van der Waals surface area contributed by atoms with Gasteiger partial charge in [0.1, 0.15) is 12.4 Å². The summed E-state index contributed by atoms with van der Waals surface area (Å²) in [7, 11) is 0. The van der Waals surface area contributed by atoms with Crippen molar-refractivity contribution in [3.63, 3.8) is 0 Å². The molecular formula is C26H41NO4. The number of amides is 1. The smallest absolute Gasteiger partial charge is 0.309 e. The topological polar surface area (TPSA) is 72.5 Å². The number of fused-ring (bicyclic) bond motifs is 5. The number of ketones is 1. The summed E-state index contributed by atoms with van der Waals surface area (Å²) in [6, 6.07) is 0. The maximum absolute atomic E-state index is 12.8. The van der Waals surface area contributed by atoms with Crippen LogP contribution in [0.5, 0.6) is 0 Å². The Hall–Kier alpha value is -1.39. The van der Waals surface area contributed by atoms with Crippen LogP contribution in [-0.2, 0) is 19.1 Å². The van der Waals surface area contributed by atoms with Gasteiger partial charge in [0.2, 0.25) is 5.91 Å². The molecule has 4 fully saturated rings. The second-order valence-electron chi connectivity index (χ2n) is 11.6. The first-order chi connectivity index (χ1) is 14.7. The van der Waals surface area contributed by atoms with E-state index in [0.717, 1.165) is 37.5 Å². The number of carbonyl (C=O) groups is 3. The van der Waals surface area contributed by atoms with Crippen LogP contribution in [0.3, 0.4) is 0 Å². The molecule has 0 aromatic carbocycles. The van der Waals surface area contributed by atoms with E-state index in [9.17, 15) is 14.4 Å². The average Bonchev–Trinajstić information content (AvgIpc) is 3.08. The third-order valence-corrected chi connectivity index (χ3v) is 10.3. The van der Waals surface area contributed by atoms with Gasteiger partial charge >= 0.3 is 5.97 Å². The van der Waals surface area contributed by atoms with Gasteiger partial charge in [-0.3, -0.25) is 14.4 Å². The summed E-state index contributed by atoms with van der Waals surface area (Å²) in [5.74, 6) is 3.34. The highest BCUT2D eigenvalue weighted by atomic mass is 16.5. The Labute approximate surface area is 187 Å². The van der Waals surface area contributed by atoms with Crippen LogP contribution in [0.15, 0.2) is 0 Å². The summed E-state index contributed by atoms with van der Waals surface area (Å²) < 4.78 is 5.51.